The number of imide groups is 1. The van der Waals surface area contributed by atoms with Gasteiger partial charge in [-0.05, 0) is 30.4 Å². The van der Waals surface area contributed by atoms with Crippen molar-refractivity contribution in [3.05, 3.63) is 41.5 Å². The number of hydrogen-bond donors (Lipinski definition) is 2. The van der Waals surface area contributed by atoms with Gasteiger partial charge in [0, 0.05) is 24.9 Å². The Morgan fingerprint density at radius 2 is 1.96 bits per heavy atom. The molecule has 1 aromatic carbocycles. The number of benzene rings is 1. The standard InChI is InChI=1S/C19H21N3O3/c23-16(6-5-15-17(24)21-18(25)20-15)22-11-9-19(10-12-22)8-7-13-3-1-2-4-14(13)19/h1-4,7-8,15H,5-6,9-12H2,(H2,20,21,24,25). The average Bonchev–Trinajstić information content (AvgIpc) is 3.14. The second-order valence-electron chi connectivity index (χ2n) is 7.01. The van der Waals surface area contributed by atoms with Gasteiger partial charge in [0.2, 0.25) is 5.91 Å². The average molecular weight is 339 g/mol. The molecule has 6 nitrogen and oxygen atoms in total. The molecule has 4 rings (SSSR count). The van der Waals surface area contributed by atoms with E-state index in [1.807, 2.05) is 4.90 Å². The summed E-state index contributed by atoms with van der Waals surface area (Å²) in [5, 5.41) is 4.72. The first-order valence-corrected chi connectivity index (χ1v) is 8.75. The molecule has 1 spiro atoms. The first kappa shape index (κ1) is 15.9. The van der Waals surface area contributed by atoms with Gasteiger partial charge in [-0.2, -0.15) is 0 Å². The highest BCUT2D eigenvalue weighted by Crippen LogP contribution is 2.43. The quantitative estimate of drug-likeness (QED) is 0.821. The summed E-state index contributed by atoms with van der Waals surface area (Å²) >= 11 is 0. The van der Waals surface area contributed by atoms with Crippen LogP contribution in [0.4, 0.5) is 4.79 Å². The lowest BCUT2D eigenvalue weighted by Crippen LogP contribution is -2.44. The Morgan fingerprint density at radius 3 is 2.68 bits per heavy atom. The van der Waals surface area contributed by atoms with E-state index in [4.69, 9.17) is 0 Å². The highest BCUT2D eigenvalue weighted by Gasteiger charge is 2.39. The van der Waals surface area contributed by atoms with E-state index in [1.54, 1.807) is 0 Å². The molecule has 25 heavy (non-hydrogen) atoms. The summed E-state index contributed by atoms with van der Waals surface area (Å²) < 4.78 is 0. The Kier molecular flexibility index (Phi) is 3.82. The summed E-state index contributed by atoms with van der Waals surface area (Å²) in [5.41, 5.74) is 2.71. The lowest BCUT2D eigenvalue weighted by Gasteiger charge is -2.39. The number of rotatable bonds is 3. The molecule has 2 heterocycles. The predicted molar refractivity (Wildman–Crippen MR) is 92.7 cm³/mol. The van der Waals surface area contributed by atoms with E-state index in [9.17, 15) is 14.4 Å². The minimum atomic E-state index is -0.586. The van der Waals surface area contributed by atoms with Crippen LogP contribution in [0.2, 0.25) is 0 Å². The third-order valence-corrected chi connectivity index (χ3v) is 5.59. The maximum Gasteiger partial charge on any atom is 0.322 e. The summed E-state index contributed by atoms with van der Waals surface area (Å²) in [6.45, 7) is 1.45. The van der Waals surface area contributed by atoms with Crippen LogP contribution in [0.5, 0.6) is 0 Å². The van der Waals surface area contributed by atoms with Crippen molar-refractivity contribution in [2.45, 2.75) is 37.1 Å². The maximum atomic E-state index is 12.5. The van der Waals surface area contributed by atoms with Crippen LogP contribution in [0.3, 0.4) is 0 Å². The van der Waals surface area contributed by atoms with Gasteiger partial charge in [-0.15, -0.1) is 0 Å². The second kappa shape index (κ2) is 6.02. The monoisotopic (exact) mass is 339 g/mol. The fraction of sp³-hybridized carbons (Fsp3) is 0.421. The molecule has 1 atom stereocenters. The fourth-order valence-corrected chi connectivity index (χ4v) is 4.11. The van der Waals surface area contributed by atoms with Gasteiger partial charge in [-0.3, -0.25) is 14.9 Å². The SMILES string of the molecule is O=C1NC(=O)C(CCC(=O)N2CCC3(C=Cc4ccccc43)CC2)N1. The van der Waals surface area contributed by atoms with Crippen LogP contribution in [0.25, 0.3) is 6.08 Å². The number of urea groups is 1. The van der Waals surface area contributed by atoms with Crippen LogP contribution in [-0.2, 0) is 15.0 Å². The summed E-state index contributed by atoms with van der Waals surface area (Å²) in [7, 11) is 0. The molecule has 130 valence electrons. The summed E-state index contributed by atoms with van der Waals surface area (Å²) in [4.78, 5) is 37.0. The smallest absolute Gasteiger partial charge is 0.322 e. The molecule has 0 bridgehead atoms. The van der Waals surface area contributed by atoms with Crippen molar-refractivity contribution in [2.75, 3.05) is 13.1 Å². The topological polar surface area (TPSA) is 78.5 Å². The van der Waals surface area contributed by atoms with Gasteiger partial charge in [0.05, 0.1) is 0 Å². The largest absolute Gasteiger partial charge is 0.343 e. The zero-order valence-electron chi connectivity index (χ0n) is 14.0. The highest BCUT2D eigenvalue weighted by molar-refractivity contribution is 6.04. The second-order valence-corrected chi connectivity index (χ2v) is 7.01. The lowest BCUT2D eigenvalue weighted by molar-refractivity contribution is -0.132. The first-order chi connectivity index (χ1) is 12.1. The van der Waals surface area contributed by atoms with Crippen molar-refractivity contribution < 1.29 is 14.4 Å². The highest BCUT2D eigenvalue weighted by atomic mass is 16.2. The van der Waals surface area contributed by atoms with Crippen molar-refractivity contribution >= 4 is 23.9 Å². The van der Waals surface area contributed by atoms with Crippen molar-refractivity contribution in [1.82, 2.24) is 15.5 Å². The van der Waals surface area contributed by atoms with Crippen molar-refractivity contribution in [2.24, 2.45) is 0 Å². The van der Waals surface area contributed by atoms with Gasteiger partial charge in [0.1, 0.15) is 6.04 Å². The number of allylic oxidation sites excluding steroid dienone is 1. The molecule has 0 radical (unpaired) electrons. The molecular weight excluding hydrogens is 318 g/mol. The normalized spacial score (nSPS) is 23.5. The number of likely N-dealkylation sites (tertiary alicyclic amines) is 1. The number of fused-ring (bicyclic) bond motifs is 2. The zero-order valence-corrected chi connectivity index (χ0v) is 14.0. The molecule has 0 aromatic heterocycles. The minimum Gasteiger partial charge on any atom is -0.343 e. The summed E-state index contributed by atoms with van der Waals surface area (Å²) in [5.74, 6) is -0.290. The number of amides is 4. The Bertz CT molecular complexity index is 763. The Balaban J connectivity index is 1.33. The molecule has 2 saturated heterocycles. The van der Waals surface area contributed by atoms with Gasteiger partial charge in [0.25, 0.3) is 5.91 Å². The van der Waals surface area contributed by atoms with Crippen LogP contribution < -0.4 is 10.6 Å². The van der Waals surface area contributed by atoms with E-state index >= 15 is 0 Å². The number of nitrogens with one attached hydrogen (secondary N) is 2. The van der Waals surface area contributed by atoms with Gasteiger partial charge in [-0.1, -0.05) is 36.4 Å². The molecular formula is C19H21N3O3. The Labute approximate surface area is 146 Å². The Morgan fingerprint density at radius 1 is 1.20 bits per heavy atom. The van der Waals surface area contributed by atoms with E-state index in [-0.39, 0.29) is 23.7 Å². The molecule has 4 amide bonds. The maximum absolute atomic E-state index is 12.5. The third kappa shape index (κ3) is 2.81. The van der Waals surface area contributed by atoms with Crippen molar-refractivity contribution in [3.63, 3.8) is 0 Å². The summed E-state index contributed by atoms with van der Waals surface area (Å²) in [6.07, 6.45) is 6.95. The predicted octanol–water partition coefficient (Wildman–Crippen LogP) is 1.56. The lowest BCUT2D eigenvalue weighted by atomic mass is 9.74. The number of nitrogens with zero attached hydrogens (tertiary/aromatic N) is 1. The molecule has 2 fully saturated rings. The van der Waals surface area contributed by atoms with E-state index < -0.39 is 12.1 Å². The summed E-state index contributed by atoms with van der Waals surface area (Å²) in [6, 6.07) is 7.39. The van der Waals surface area contributed by atoms with E-state index in [1.165, 1.54) is 11.1 Å². The first-order valence-electron chi connectivity index (χ1n) is 8.75. The van der Waals surface area contributed by atoms with Crippen molar-refractivity contribution in [1.29, 1.82) is 0 Å². The van der Waals surface area contributed by atoms with Crippen LogP contribution in [0.15, 0.2) is 30.3 Å². The number of hydrogen-bond acceptors (Lipinski definition) is 3. The number of carbonyl (C=O) groups excluding carboxylic acids is 3. The minimum absolute atomic E-state index is 0.0547. The zero-order chi connectivity index (χ0) is 17.4. The molecule has 3 aliphatic rings. The number of piperidine rings is 1. The van der Waals surface area contributed by atoms with Gasteiger partial charge in [-0.25, -0.2) is 4.79 Å². The Hall–Kier alpha value is -2.63. The molecule has 2 aliphatic heterocycles. The molecule has 2 N–H and O–H groups in total. The molecule has 6 heteroatoms. The molecule has 1 unspecified atom stereocenters. The molecule has 1 aromatic rings. The van der Waals surface area contributed by atoms with Crippen LogP contribution in [0.1, 0.15) is 36.8 Å². The van der Waals surface area contributed by atoms with E-state index in [0.717, 1.165) is 25.9 Å². The van der Waals surface area contributed by atoms with Crippen molar-refractivity contribution in [3.8, 4) is 0 Å². The number of carbonyl (C=O) groups is 3. The van der Waals surface area contributed by atoms with Crippen LogP contribution in [-0.4, -0.2) is 41.9 Å². The van der Waals surface area contributed by atoms with Gasteiger partial charge in [0.15, 0.2) is 0 Å². The fourth-order valence-electron chi connectivity index (χ4n) is 4.11. The van der Waals surface area contributed by atoms with E-state index in [0.29, 0.717) is 6.42 Å². The van der Waals surface area contributed by atoms with Crippen LogP contribution in [0, 0.1) is 0 Å². The molecule has 0 saturated carbocycles. The molecule has 1 aliphatic carbocycles. The van der Waals surface area contributed by atoms with Gasteiger partial charge < -0.3 is 10.2 Å². The van der Waals surface area contributed by atoms with Crippen LogP contribution >= 0.6 is 0 Å². The van der Waals surface area contributed by atoms with Gasteiger partial charge >= 0.3 is 6.03 Å². The van der Waals surface area contributed by atoms with E-state index in [2.05, 4.69) is 47.1 Å². The third-order valence-electron chi connectivity index (χ3n) is 5.59.